The molecular weight excluding hydrogens is 235 g/mol. The molecule has 0 amide bonds. The number of rotatable bonds is 4. The van der Waals surface area contributed by atoms with Crippen LogP contribution in [-0.2, 0) is 0 Å². The molecule has 0 aliphatic heterocycles. The molecule has 0 heterocycles. The molecule has 0 radical (unpaired) electrons. The van der Waals surface area contributed by atoms with Crippen molar-refractivity contribution in [1.29, 1.82) is 0 Å². The molecule has 0 aromatic rings. The molecule has 7 heteroatoms. The second-order valence-electron chi connectivity index (χ2n) is 3.98. The third kappa shape index (κ3) is 4.27. The maximum absolute atomic E-state index is 12.4. The van der Waals surface area contributed by atoms with Crippen LogP contribution in [0.2, 0.25) is 0 Å². The first kappa shape index (κ1) is 13.9. The Kier molecular flexibility index (Phi) is 4.41. The van der Waals surface area contributed by atoms with E-state index >= 15 is 0 Å². The number of nitrogens with two attached hydrogens (primary N) is 1. The summed E-state index contributed by atoms with van der Waals surface area (Å²) in [6, 6.07) is 0. The van der Waals surface area contributed by atoms with E-state index in [-0.39, 0.29) is 23.6 Å². The van der Waals surface area contributed by atoms with Crippen molar-refractivity contribution in [3.63, 3.8) is 0 Å². The van der Waals surface area contributed by atoms with Crippen LogP contribution in [0.4, 0.5) is 13.2 Å². The van der Waals surface area contributed by atoms with Gasteiger partial charge in [0.15, 0.2) is 0 Å². The number of hydroxylamine groups is 2. The molecule has 98 valence electrons. The fraction of sp³-hybridized carbons (Fsp3) is 0.600. The van der Waals surface area contributed by atoms with Crippen LogP contribution in [0.5, 0.6) is 0 Å². The van der Waals surface area contributed by atoms with Gasteiger partial charge in [0.25, 0.3) is 0 Å². The number of halogens is 3. The predicted octanol–water partition coefficient (Wildman–Crippen LogP) is 0.0413. The number of hydrogen-bond donors (Lipinski definition) is 3. The second kappa shape index (κ2) is 5.42. The summed E-state index contributed by atoms with van der Waals surface area (Å²) in [5.74, 6) is 0. The molecule has 4 N–H and O–H groups in total. The van der Waals surface area contributed by atoms with Gasteiger partial charge in [-0.05, 0) is 18.9 Å². The van der Waals surface area contributed by atoms with Gasteiger partial charge in [0, 0.05) is 11.3 Å². The first-order valence-corrected chi connectivity index (χ1v) is 5.30. The molecule has 0 aromatic carbocycles. The zero-order valence-corrected chi connectivity index (χ0v) is 9.53. The van der Waals surface area contributed by atoms with Crippen LogP contribution in [-0.4, -0.2) is 26.3 Å². The minimum Gasteiger partial charge on any atom is -0.634 e. The topological polar surface area (TPSA) is 65.5 Å². The SMILES string of the molecule is C[NH+]([O-])CCNC1=C(N)C=C(C(F)(F)F)CC1. The van der Waals surface area contributed by atoms with E-state index in [1.54, 1.807) is 0 Å². The van der Waals surface area contributed by atoms with Gasteiger partial charge in [0.2, 0.25) is 0 Å². The summed E-state index contributed by atoms with van der Waals surface area (Å²) in [5.41, 5.74) is 5.62. The Hall–Kier alpha value is -1.21. The van der Waals surface area contributed by atoms with Crippen molar-refractivity contribution in [2.75, 3.05) is 20.1 Å². The number of alkyl halides is 3. The molecule has 0 spiro atoms. The maximum Gasteiger partial charge on any atom is 0.412 e. The van der Waals surface area contributed by atoms with Crippen LogP contribution in [0.25, 0.3) is 0 Å². The molecule has 1 aliphatic rings. The largest absolute Gasteiger partial charge is 0.634 e. The van der Waals surface area contributed by atoms with Crippen LogP contribution in [0, 0.1) is 5.21 Å². The Balaban J connectivity index is 2.61. The highest BCUT2D eigenvalue weighted by Gasteiger charge is 2.34. The summed E-state index contributed by atoms with van der Waals surface area (Å²) in [5, 5.41) is 13.6. The van der Waals surface area contributed by atoms with E-state index in [1.165, 1.54) is 7.05 Å². The number of hydrogen-bond acceptors (Lipinski definition) is 3. The highest BCUT2D eigenvalue weighted by atomic mass is 19.4. The van der Waals surface area contributed by atoms with Crippen molar-refractivity contribution in [3.05, 3.63) is 28.3 Å². The molecule has 0 saturated carbocycles. The summed E-state index contributed by atoms with van der Waals surface area (Å²) in [4.78, 5) is 0. The van der Waals surface area contributed by atoms with Crippen molar-refractivity contribution in [1.82, 2.24) is 5.32 Å². The Morgan fingerprint density at radius 1 is 1.47 bits per heavy atom. The summed E-state index contributed by atoms with van der Waals surface area (Å²) in [7, 11) is 1.46. The lowest BCUT2D eigenvalue weighted by Gasteiger charge is -2.22. The third-order valence-electron chi connectivity index (χ3n) is 2.50. The molecule has 4 nitrogen and oxygen atoms in total. The van der Waals surface area contributed by atoms with Gasteiger partial charge in [-0.1, -0.05) is 0 Å². The fourth-order valence-corrected chi connectivity index (χ4v) is 1.55. The highest BCUT2D eigenvalue weighted by molar-refractivity contribution is 5.32. The lowest BCUT2D eigenvalue weighted by Crippen LogP contribution is -3.04. The van der Waals surface area contributed by atoms with Crippen molar-refractivity contribution >= 4 is 0 Å². The van der Waals surface area contributed by atoms with E-state index < -0.39 is 11.7 Å². The first-order valence-electron chi connectivity index (χ1n) is 5.30. The number of allylic oxidation sites excluding steroid dienone is 3. The average molecular weight is 251 g/mol. The lowest BCUT2D eigenvalue weighted by atomic mass is 10.00. The van der Waals surface area contributed by atoms with Gasteiger partial charge in [0.1, 0.15) is 0 Å². The van der Waals surface area contributed by atoms with E-state index in [2.05, 4.69) is 5.32 Å². The van der Waals surface area contributed by atoms with Crippen molar-refractivity contribution < 1.29 is 18.2 Å². The summed E-state index contributed by atoms with van der Waals surface area (Å²) < 4.78 is 37.2. The second-order valence-corrected chi connectivity index (χ2v) is 3.98. The van der Waals surface area contributed by atoms with E-state index in [4.69, 9.17) is 5.73 Å². The minimum absolute atomic E-state index is 0.0269. The summed E-state index contributed by atoms with van der Waals surface area (Å²) >= 11 is 0. The van der Waals surface area contributed by atoms with Crippen LogP contribution in [0.3, 0.4) is 0 Å². The summed E-state index contributed by atoms with van der Waals surface area (Å²) in [6.45, 7) is 0.743. The van der Waals surface area contributed by atoms with Crippen molar-refractivity contribution in [2.24, 2.45) is 5.73 Å². The fourth-order valence-electron chi connectivity index (χ4n) is 1.55. The Morgan fingerprint density at radius 2 is 2.12 bits per heavy atom. The van der Waals surface area contributed by atoms with E-state index in [1.807, 2.05) is 0 Å². The zero-order chi connectivity index (χ0) is 13.1. The lowest BCUT2D eigenvalue weighted by molar-refractivity contribution is -0.824. The number of likely N-dealkylation sites (N-methyl/N-ethyl adjacent to an activating group) is 1. The minimum atomic E-state index is -4.31. The van der Waals surface area contributed by atoms with E-state index in [0.717, 1.165) is 6.08 Å². The first-order chi connectivity index (χ1) is 7.80. The third-order valence-corrected chi connectivity index (χ3v) is 2.50. The van der Waals surface area contributed by atoms with E-state index in [0.29, 0.717) is 18.8 Å². The molecule has 1 atom stereocenters. The standard InChI is InChI=1S/C10H16F3N3O/c1-16(17)5-4-15-9-3-2-7(6-8(9)14)10(11,12)13/h6,15-16H,2-5,14H2,1H3. The normalized spacial score (nSPS) is 19.0. The van der Waals surface area contributed by atoms with Gasteiger partial charge in [-0.2, -0.15) is 13.2 Å². The number of quaternary nitrogens is 1. The molecular formula is C10H16F3N3O. The van der Waals surface area contributed by atoms with Gasteiger partial charge in [-0.25, -0.2) is 0 Å². The Labute approximate surface area is 97.5 Å². The predicted molar refractivity (Wildman–Crippen MR) is 57.7 cm³/mol. The molecule has 0 saturated heterocycles. The quantitative estimate of drug-likeness (QED) is 0.618. The van der Waals surface area contributed by atoms with Crippen LogP contribution in [0.15, 0.2) is 23.0 Å². The van der Waals surface area contributed by atoms with Gasteiger partial charge in [-0.3, -0.25) is 0 Å². The molecule has 17 heavy (non-hydrogen) atoms. The van der Waals surface area contributed by atoms with Crippen LogP contribution < -0.4 is 16.1 Å². The van der Waals surface area contributed by atoms with Gasteiger partial charge in [-0.15, -0.1) is 0 Å². The van der Waals surface area contributed by atoms with Gasteiger partial charge < -0.3 is 21.3 Å². The Bertz CT molecular complexity index is 334. The monoisotopic (exact) mass is 251 g/mol. The number of nitrogens with one attached hydrogen (secondary N) is 2. The summed E-state index contributed by atoms with van der Waals surface area (Å²) in [6.07, 6.45) is -3.20. The zero-order valence-electron chi connectivity index (χ0n) is 9.53. The smallest absolute Gasteiger partial charge is 0.412 e. The van der Waals surface area contributed by atoms with Crippen molar-refractivity contribution in [2.45, 2.75) is 19.0 Å². The molecule has 0 bridgehead atoms. The molecule has 0 aromatic heterocycles. The van der Waals surface area contributed by atoms with Crippen LogP contribution in [0.1, 0.15) is 12.8 Å². The van der Waals surface area contributed by atoms with Crippen LogP contribution >= 0.6 is 0 Å². The average Bonchev–Trinajstić information content (AvgIpc) is 2.18. The van der Waals surface area contributed by atoms with Crippen molar-refractivity contribution in [3.8, 4) is 0 Å². The molecule has 1 rings (SSSR count). The van der Waals surface area contributed by atoms with Gasteiger partial charge in [0.05, 0.1) is 25.8 Å². The molecule has 0 fully saturated rings. The van der Waals surface area contributed by atoms with Gasteiger partial charge >= 0.3 is 6.18 Å². The highest BCUT2D eigenvalue weighted by Crippen LogP contribution is 2.33. The van der Waals surface area contributed by atoms with E-state index in [9.17, 15) is 18.4 Å². The molecule has 1 unspecified atom stereocenters. The maximum atomic E-state index is 12.4. The Morgan fingerprint density at radius 3 is 2.59 bits per heavy atom. The molecule has 1 aliphatic carbocycles.